The largest absolute Gasteiger partial charge is 0.507 e. The normalized spacial score (nSPS) is 12.7. The molecule has 0 heterocycles. The van der Waals surface area contributed by atoms with Crippen molar-refractivity contribution in [3.63, 3.8) is 0 Å². The highest BCUT2D eigenvalue weighted by Gasteiger charge is 2.29. The molecule has 0 aliphatic carbocycles. The van der Waals surface area contributed by atoms with Crippen LogP contribution in [0.5, 0.6) is 5.75 Å². The fraction of sp³-hybridized carbons (Fsp3) is 0.161. The molecule has 5 N–H and O–H groups in total. The SMILES string of the molecule is CO[C@H](CC/C=C/C(=O)Nc1ccccc1N)[C@H](OC(=O)Nc1ccc(Br)cc1)c1ccc(O)c2ccccc12. The number of nitrogens with one attached hydrogen (secondary N) is 2. The summed E-state index contributed by atoms with van der Waals surface area (Å²) in [5.74, 6) is -0.183. The third-order valence-corrected chi connectivity index (χ3v) is 6.84. The maximum absolute atomic E-state index is 13.0. The molecule has 4 rings (SSSR count). The Balaban J connectivity index is 1.52. The van der Waals surface area contributed by atoms with Crippen molar-refractivity contribution < 1.29 is 24.2 Å². The Bertz CT molecular complexity index is 1510. The quantitative estimate of drug-likeness (QED) is 0.112. The van der Waals surface area contributed by atoms with E-state index in [0.29, 0.717) is 40.9 Å². The Hall–Kier alpha value is -4.34. The maximum atomic E-state index is 13.0. The van der Waals surface area contributed by atoms with Crippen molar-refractivity contribution >= 4 is 55.8 Å². The van der Waals surface area contributed by atoms with Crippen molar-refractivity contribution in [3.8, 4) is 5.75 Å². The number of nitrogen functional groups attached to an aromatic ring is 1. The van der Waals surface area contributed by atoms with Gasteiger partial charge in [0.1, 0.15) is 5.75 Å². The number of nitrogens with two attached hydrogens (primary N) is 1. The molecule has 0 aromatic heterocycles. The van der Waals surface area contributed by atoms with Crippen LogP contribution in [0.2, 0.25) is 0 Å². The van der Waals surface area contributed by atoms with Crippen LogP contribution >= 0.6 is 15.9 Å². The van der Waals surface area contributed by atoms with Gasteiger partial charge < -0.3 is 25.6 Å². The van der Waals surface area contributed by atoms with Crippen LogP contribution in [0.25, 0.3) is 10.8 Å². The fourth-order valence-electron chi connectivity index (χ4n) is 4.32. The lowest BCUT2D eigenvalue weighted by Gasteiger charge is -2.27. The standard InChI is InChI=1S/C31H30BrN3O5/c1-39-28(12-6-7-13-29(37)35-26-11-5-4-10-25(26)33)30(40-31(38)34-21-16-14-20(32)15-17-21)24-18-19-27(36)23-9-3-2-8-22(23)24/h2-5,7-11,13-19,28,30,36H,6,12,33H2,1H3,(H,34,38)(H,35,37)/b13-7+/t28-,30-/m1/s1. The van der Waals surface area contributed by atoms with Crippen LogP contribution < -0.4 is 16.4 Å². The molecule has 4 aromatic rings. The summed E-state index contributed by atoms with van der Waals surface area (Å²) in [4.78, 5) is 25.4. The second-order valence-corrected chi connectivity index (χ2v) is 9.92. The molecule has 206 valence electrons. The molecular formula is C31H30BrN3O5. The number of ether oxygens (including phenoxy) is 2. The van der Waals surface area contributed by atoms with E-state index in [2.05, 4.69) is 26.6 Å². The van der Waals surface area contributed by atoms with Crippen molar-refractivity contribution in [1.82, 2.24) is 0 Å². The Morgan fingerprint density at radius 1 is 0.950 bits per heavy atom. The molecule has 0 bridgehead atoms. The van der Waals surface area contributed by atoms with Gasteiger partial charge >= 0.3 is 6.09 Å². The van der Waals surface area contributed by atoms with Crippen LogP contribution in [0.1, 0.15) is 24.5 Å². The van der Waals surface area contributed by atoms with E-state index in [1.165, 1.54) is 6.08 Å². The van der Waals surface area contributed by atoms with Crippen molar-refractivity contribution in [2.75, 3.05) is 23.5 Å². The van der Waals surface area contributed by atoms with Gasteiger partial charge in [-0.2, -0.15) is 0 Å². The molecule has 4 aromatic carbocycles. The van der Waals surface area contributed by atoms with Gasteiger partial charge in [-0.15, -0.1) is 0 Å². The minimum absolute atomic E-state index is 0.124. The molecular weight excluding hydrogens is 574 g/mol. The zero-order chi connectivity index (χ0) is 28.5. The number of benzene rings is 4. The van der Waals surface area contributed by atoms with Crippen LogP contribution in [0.3, 0.4) is 0 Å². The summed E-state index contributed by atoms with van der Waals surface area (Å²) in [5, 5.41) is 17.3. The van der Waals surface area contributed by atoms with E-state index in [1.807, 2.05) is 30.3 Å². The summed E-state index contributed by atoms with van der Waals surface area (Å²) in [6.45, 7) is 0. The Morgan fingerprint density at radius 3 is 2.38 bits per heavy atom. The number of rotatable bonds is 10. The second kappa shape index (κ2) is 13.6. The number of anilines is 3. The number of hydrogen-bond donors (Lipinski definition) is 4. The summed E-state index contributed by atoms with van der Waals surface area (Å²) >= 11 is 3.38. The second-order valence-electron chi connectivity index (χ2n) is 9.01. The van der Waals surface area contributed by atoms with E-state index in [9.17, 15) is 14.7 Å². The first kappa shape index (κ1) is 28.7. The molecule has 0 fully saturated rings. The molecule has 0 saturated carbocycles. The fourth-order valence-corrected chi connectivity index (χ4v) is 4.58. The molecule has 8 nitrogen and oxygen atoms in total. The number of allylic oxidation sites excluding steroid dienone is 1. The van der Waals surface area contributed by atoms with Crippen molar-refractivity contribution in [1.29, 1.82) is 0 Å². The summed E-state index contributed by atoms with van der Waals surface area (Å²) in [6.07, 6.45) is 2.07. The van der Waals surface area contributed by atoms with Crippen LogP contribution in [0.4, 0.5) is 21.9 Å². The van der Waals surface area contributed by atoms with E-state index >= 15 is 0 Å². The average Bonchev–Trinajstić information content (AvgIpc) is 2.95. The summed E-state index contributed by atoms with van der Waals surface area (Å²) in [5.41, 5.74) is 8.17. The number of halogens is 1. The molecule has 0 saturated heterocycles. The lowest BCUT2D eigenvalue weighted by atomic mass is 9.94. The van der Waals surface area contributed by atoms with Crippen LogP contribution in [0, 0.1) is 0 Å². The Morgan fingerprint density at radius 2 is 1.65 bits per heavy atom. The predicted octanol–water partition coefficient (Wildman–Crippen LogP) is 7.17. The highest BCUT2D eigenvalue weighted by atomic mass is 79.9. The number of hydrogen-bond acceptors (Lipinski definition) is 6. The first-order valence-electron chi connectivity index (χ1n) is 12.6. The minimum atomic E-state index is -0.808. The average molecular weight is 605 g/mol. The number of aromatic hydroxyl groups is 1. The van der Waals surface area contributed by atoms with E-state index in [4.69, 9.17) is 15.2 Å². The van der Waals surface area contributed by atoms with E-state index in [0.717, 1.165) is 9.86 Å². The van der Waals surface area contributed by atoms with Crippen LogP contribution in [-0.4, -0.2) is 30.3 Å². The molecule has 0 radical (unpaired) electrons. The van der Waals surface area contributed by atoms with Gasteiger partial charge in [0.05, 0.1) is 17.5 Å². The van der Waals surface area contributed by atoms with Gasteiger partial charge in [0, 0.05) is 28.2 Å². The van der Waals surface area contributed by atoms with Crippen LogP contribution in [0.15, 0.2) is 102 Å². The lowest BCUT2D eigenvalue weighted by molar-refractivity contribution is -0.111. The maximum Gasteiger partial charge on any atom is 0.412 e. The zero-order valence-corrected chi connectivity index (χ0v) is 23.4. The predicted molar refractivity (Wildman–Crippen MR) is 161 cm³/mol. The topological polar surface area (TPSA) is 123 Å². The van der Waals surface area contributed by atoms with Gasteiger partial charge in [0.15, 0.2) is 6.10 Å². The molecule has 9 heteroatoms. The number of methoxy groups -OCH3 is 1. The molecule has 0 aliphatic heterocycles. The molecule has 0 aliphatic rings. The number of phenolic OH excluding ortho intramolecular Hbond substituents is 1. The van der Waals surface area contributed by atoms with Crippen molar-refractivity contribution in [2.45, 2.75) is 25.0 Å². The molecule has 2 amide bonds. The number of carbonyl (C=O) groups is 2. The number of fused-ring (bicyclic) bond motifs is 1. The minimum Gasteiger partial charge on any atom is -0.507 e. The van der Waals surface area contributed by atoms with Gasteiger partial charge in [0.25, 0.3) is 0 Å². The summed E-state index contributed by atoms with van der Waals surface area (Å²) in [6, 6.07) is 24.8. The highest BCUT2D eigenvalue weighted by molar-refractivity contribution is 9.10. The highest BCUT2D eigenvalue weighted by Crippen LogP contribution is 2.36. The monoisotopic (exact) mass is 603 g/mol. The van der Waals surface area contributed by atoms with E-state index < -0.39 is 18.3 Å². The Labute approximate surface area is 240 Å². The summed E-state index contributed by atoms with van der Waals surface area (Å²) < 4.78 is 12.6. The van der Waals surface area contributed by atoms with E-state index in [1.54, 1.807) is 67.8 Å². The van der Waals surface area contributed by atoms with Gasteiger partial charge in [-0.05, 0) is 66.8 Å². The lowest BCUT2D eigenvalue weighted by Crippen LogP contribution is -2.28. The third-order valence-electron chi connectivity index (χ3n) is 6.31. The van der Waals surface area contributed by atoms with E-state index in [-0.39, 0.29) is 11.7 Å². The number of amides is 2. The molecule has 0 spiro atoms. The first-order chi connectivity index (χ1) is 19.4. The first-order valence-corrected chi connectivity index (χ1v) is 13.4. The van der Waals surface area contributed by atoms with Crippen molar-refractivity contribution in [2.24, 2.45) is 0 Å². The van der Waals surface area contributed by atoms with Gasteiger partial charge in [-0.25, -0.2) is 4.79 Å². The molecule has 0 unspecified atom stereocenters. The van der Waals surface area contributed by atoms with Gasteiger partial charge in [-0.1, -0.05) is 64.5 Å². The molecule has 40 heavy (non-hydrogen) atoms. The van der Waals surface area contributed by atoms with Gasteiger partial charge in [-0.3, -0.25) is 10.1 Å². The zero-order valence-electron chi connectivity index (χ0n) is 21.8. The smallest absolute Gasteiger partial charge is 0.412 e. The third kappa shape index (κ3) is 7.40. The van der Waals surface area contributed by atoms with Crippen molar-refractivity contribution in [3.05, 3.63) is 107 Å². The molecule has 2 atom stereocenters. The number of para-hydroxylation sites is 2. The Kier molecular flexibility index (Phi) is 9.77. The number of phenols is 1. The summed E-state index contributed by atoms with van der Waals surface area (Å²) in [7, 11) is 1.55. The van der Waals surface area contributed by atoms with Crippen LogP contribution in [-0.2, 0) is 14.3 Å². The number of carbonyl (C=O) groups excluding carboxylic acids is 2. The van der Waals surface area contributed by atoms with Gasteiger partial charge in [0.2, 0.25) is 5.91 Å².